The lowest BCUT2D eigenvalue weighted by molar-refractivity contribution is -0.112. The van der Waals surface area contributed by atoms with Gasteiger partial charge in [-0.05, 0) is 42.9 Å². The Hall–Kier alpha value is -4.20. The predicted molar refractivity (Wildman–Crippen MR) is 155 cm³/mol. The highest BCUT2D eigenvalue weighted by molar-refractivity contribution is 6.31. The number of Topliss-reactive ketones (excluding diaryl/α,β-unsaturated/α-hetero) is 2. The molecule has 2 aliphatic carbocycles. The first-order valence-electron chi connectivity index (χ1n) is 14.3. The van der Waals surface area contributed by atoms with E-state index in [2.05, 4.69) is 13.8 Å². The van der Waals surface area contributed by atoms with Crippen LogP contribution in [0.25, 0.3) is 16.5 Å². The van der Waals surface area contributed by atoms with Gasteiger partial charge in [-0.25, -0.2) is 9.59 Å². The normalized spacial score (nSPS) is 14.2. The Labute approximate surface area is 240 Å². The van der Waals surface area contributed by atoms with Gasteiger partial charge in [-0.2, -0.15) is 0 Å². The second-order valence-electron chi connectivity index (χ2n) is 10.2. The largest absolute Gasteiger partial charge is 0.513 e. The minimum Gasteiger partial charge on any atom is -0.434 e. The van der Waals surface area contributed by atoms with Crippen molar-refractivity contribution in [3.05, 3.63) is 70.3 Å². The molecule has 0 heterocycles. The van der Waals surface area contributed by atoms with Crippen LogP contribution in [0.4, 0.5) is 9.59 Å². The Bertz CT molecular complexity index is 1440. The van der Waals surface area contributed by atoms with Crippen molar-refractivity contribution in [3.63, 3.8) is 0 Å². The summed E-state index contributed by atoms with van der Waals surface area (Å²) in [5.41, 5.74) is 0.584. The number of carbonyl (C=O) groups excluding carboxylic acids is 4. The lowest BCUT2D eigenvalue weighted by Gasteiger charge is -2.27. The van der Waals surface area contributed by atoms with E-state index in [0.717, 1.165) is 38.5 Å². The summed E-state index contributed by atoms with van der Waals surface area (Å²) in [6.07, 6.45) is 8.48. The van der Waals surface area contributed by atoms with Gasteiger partial charge in [0, 0.05) is 16.5 Å². The maximum absolute atomic E-state index is 13.9. The third kappa shape index (κ3) is 6.76. The molecule has 2 aromatic carbocycles. The number of ether oxygens (including phenoxy) is 4. The molecular formula is C33H36O8. The van der Waals surface area contributed by atoms with Crippen molar-refractivity contribution >= 4 is 40.4 Å². The number of hydrogen-bond acceptors (Lipinski definition) is 8. The van der Waals surface area contributed by atoms with Crippen LogP contribution in [0.3, 0.4) is 0 Å². The molecule has 0 amide bonds. The fourth-order valence-electron chi connectivity index (χ4n) is 4.90. The summed E-state index contributed by atoms with van der Waals surface area (Å²) in [5.74, 6) is -1.09. The Morgan fingerprint density at radius 2 is 1.39 bits per heavy atom. The van der Waals surface area contributed by atoms with Crippen LogP contribution in [0.2, 0.25) is 0 Å². The van der Waals surface area contributed by atoms with E-state index in [-0.39, 0.29) is 47.0 Å². The Morgan fingerprint density at radius 1 is 0.756 bits per heavy atom. The average molecular weight is 561 g/mol. The molecule has 8 heteroatoms. The molecule has 2 aliphatic rings. The van der Waals surface area contributed by atoms with Crippen LogP contribution in [-0.2, 0) is 19.0 Å². The van der Waals surface area contributed by atoms with Crippen LogP contribution >= 0.6 is 0 Å². The van der Waals surface area contributed by atoms with Gasteiger partial charge in [0.1, 0.15) is 0 Å². The van der Waals surface area contributed by atoms with Crippen molar-refractivity contribution in [3.8, 4) is 5.75 Å². The third-order valence-electron chi connectivity index (χ3n) is 7.11. The van der Waals surface area contributed by atoms with Gasteiger partial charge in [0.2, 0.25) is 0 Å². The molecule has 0 radical (unpaired) electrons. The fraction of sp³-hybridized carbons (Fsp3) is 0.394. The highest BCUT2D eigenvalue weighted by Crippen LogP contribution is 2.45. The van der Waals surface area contributed by atoms with Crippen LogP contribution in [0.5, 0.6) is 5.75 Å². The molecule has 0 spiro atoms. The van der Waals surface area contributed by atoms with Crippen LogP contribution < -0.4 is 4.74 Å². The van der Waals surface area contributed by atoms with E-state index in [1.807, 2.05) is 0 Å². The molecule has 0 aliphatic heterocycles. The van der Waals surface area contributed by atoms with Gasteiger partial charge in [-0.15, -0.1) is 0 Å². The first-order valence-corrected chi connectivity index (χ1v) is 14.3. The summed E-state index contributed by atoms with van der Waals surface area (Å²) in [4.78, 5) is 52.8. The van der Waals surface area contributed by atoms with Crippen LogP contribution in [-0.4, -0.2) is 37.1 Å². The van der Waals surface area contributed by atoms with Gasteiger partial charge >= 0.3 is 12.3 Å². The maximum atomic E-state index is 13.9. The molecule has 41 heavy (non-hydrogen) atoms. The monoisotopic (exact) mass is 560 g/mol. The van der Waals surface area contributed by atoms with E-state index in [0.29, 0.717) is 29.2 Å². The highest BCUT2D eigenvalue weighted by atomic mass is 16.7. The van der Waals surface area contributed by atoms with Crippen molar-refractivity contribution in [2.24, 2.45) is 0 Å². The molecular weight excluding hydrogens is 524 g/mol. The van der Waals surface area contributed by atoms with Crippen molar-refractivity contribution in [2.45, 2.75) is 72.1 Å². The molecule has 216 valence electrons. The molecule has 0 unspecified atom stereocenters. The van der Waals surface area contributed by atoms with Gasteiger partial charge in [0.15, 0.2) is 23.1 Å². The molecule has 0 saturated carbocycles. The standard InChI is InChI=1S/C33H36O8/c1-4-6-8-12-18-38-32(36)40-30-23-15-11-10-14-22(23)20-25-27(30)29(35)24-17-16-21(3)28(34)26(24)31(25)41-33(37)39-19-13-9-7-5-2/h10-11,14-17,20H,4-9,12-13,18-19H2,1-3H3. The van der Waals surface area contributed by atoms with E-state index in [4.69, 9.17) is 18.9 Å². The van der Waals surface area contributed by atoms with Gasteiger partial charge in [-0.1, -0.05) is 82.7 Å². The Morgan fingerprint density at radius 3 is 2.05 bits per heavy atom. The number of carbonyl (C=O) groups is 4. The minimum absolute atomic E-state index is 0.00753. The third-order valence-corrected chi connectivity index (χ3v) is 7.11. The molecule has 0 fully saturated rings. The zero-order chi connectivity index (χ0) is 29.4. The van der Waals surface area contributed by atoms with Crippen molar-refractivity contribution in [1.29, 1.82) is 0 Å². The van der Waals surface area contributed by atoms with Crippen molar-refractivity contribution < 1.29 is 38.1 Å². The maximum Gasteiger partial charge on any atom is 0.513 e. The van der Waals surface area contributed by atoms with Crippen LogP contribution in [0, 0.1) is 0 Å². The van der Waals surface area contributed by atoms with Gasteiger partial charge in [0.05, 0.1) is 24.4 Å². The number of fused-ring (bicyclic) bond motifs is 3. The van der Waals surface area contributed by atoms with E-state index in [9.17, 15) is 19.2 Å². The van der Waals surface area contributed by atoms with E-state index in [1.54, 1.807) is 43.3 Å². The quantitative estimate of drug-likeness (QED) is 0.146. The number of allylic oxidation sites excluding steroid dienone is 5. The summed E-state index contributed by atoms with van der Waals surface area (Å²) in [6.45, 7) is 6.15. The molecule has 0 bridgehead atoms. The molecule has 0 N–H and O–H groups in total. The zero-order valence-electron chi connectivity index (χ0n) is 23.9. The van der Waals surface area contributed by atoms with E-state index >= 15 is 0 Å². The van der Waals surface area contributed by atoms with Gasteiger partial charge in [0.25, 0.3) is 0 Å². The number of hydrogen-bond donors (Lipinski definition) is 0. The summed E-state index contributed by atoms with van der Waals surface area (Å²) < 4.78 is 22.0. The first kappa shape index (κ1) is 29.8. The second-order valence-corrected chi connectivity index (χ2v) is 10.2. The van der Waals surface area contributed by atoms with Crippen molar-refractivity contribution in [1.82, 2.24) is 0 Å². The van der Waals surface area contributed by atoms with E-state index in [1.165, 1.54) is 6.08 Å². The lowest BCUT2D eigenvalue weighted by atomic mass is 9.78. The first-order chi connectivity index (χ1) is 19.9. The molecule has 4 rings (SSSR count). The van der Waals surface area contributed by atoms with Crippen LogP contribution in [0.1, 0.15) is 88.1 Å². The summed E-state index contributed by atoms with van der Waals surface area (Å²) >= 11 is 0. The fourth-order valence-corrected chi connectivity index (χ4v) is 4.90. The number of rotatable bonds is 12. The minimum atomic E-state index is -0.981. The van der Waals surface area contributed by atoms with Gasteiger partial charge < -0.3 is 18.9 Å². The zero-order valence-corrected chi connectivity index (χ0v) is 23.9. The molecule has 0 saturated heterocycles. The second kappa shape index (κ2) is 13.9. The van der Waals surface area contributed by atoms with E-state index < -0.39 is 23.9 Å². The van der Waals surface area contributed by atoms with Crippen molar-refractivity contribution in [2.75, 3.05) is 13.2 Å². The lowest BCUT2D eigenvalue weighted by Crippen LogP contribution is -2.26. The number of unbranched alkanes of at least 4 members (excludes halogenated alkanes) is 6. The molecule has 2 aromatic rings. The molecule has 0 aromatic heterocycles. The highest BCUT2D eigenvalue weighted by Gasteiger charge is 2.40. The van der Waals surface area contributed by atoms with Gasteiger partial charge in [-0.3, -0.25) is 9.59 Å². The molecule has 8 nitrogen and oxygen atoms in total. The predicted octanol–water partition coefficient (Wildman–Crippen LogP) is 8.03. The topological polar surface area (TPSA) is 105 Å². The number of ketones is 2. The smallest absolute Gasteiger partial charge is 0.434 e. The summed E-state index contributed by atoms with van der Waals surface area (Å²) in [5, 5.41) is 1.11. The Balaban J connectivity index is 1.75. The SMILES string of the molecule is CCCCCCOC(=O)OC1=C2C(=O)C(C)=CC=C2C(=O)c2c1cc1ccccc1c2OC(=O)OCCCCCC. The molecule has 0 atom stereocenters. The average Bonchev–Trinajstić information content (AvgIpc) is 2.96. The summed E-state index contributed by atoms with van der Waals surface area (Å²) in [7, 11) is 0. The Kier molecular flexibility index (Phi) is 10.1. The number of benzene rings is 2. The van der Waals surface area contributed by atoms with Crippen LogP contribution in [0.15, 0.2) is 59.2 Å². The summed E-state index contributed by atoms with van der Waals surface area (Å²) in [6, 6.07) is 8.70.